The van der Waals surface area contributed by atoms with Crippen LogP contribution in [0.4, 0.5) is 28.9 Å². The van der Waals surface area contributed by atoms with E-state index in [0.717, 1.165) is 12.1 Å². The molecule has 0 saturated heterocycles. The Balaban J connectivity index is 0. The molecule has 0 radical (unpaired) electrons. The number of nitro benzene ring substituents is 1. The highest BCUT2D eigenvalue weighted by atomic mass is 19.3. The second-order valence-electron chi connectivity index (χ2n) is 11.6. The molecule has 0 heterocycles. The van der Waals surface area contributed by atoms with Gasteiger partial charge in [0.15, 0.2) is 0 Å². The summed E-state index contributed by atoms with van der Waals surface area (Å²) in [7, 11) is 0. The van der Waals surface area contributed by atoms with E-state index in [2.05, 4.69) is 349 Å². The van der Waals surface area contributed by atoms with Gasteiger partial charge < -0.3 is 5.73 Å². The van der Waals surface area contributed by atoms with Crippen molar-refractivity contribution in [2.24, 2.45) is 0 Å². The first-order valence-corrected chi connectivity index (χ1v) is 21.3. The first-order valence-electron chi connectivity index (χ1n) is 21.3. The van der Waals surface area contributed by atoms with Crippen LogP contribution in [0.15, 0.2) is 48.5 Å². The summed E-state index contributed by atoms with van der Waals surface area (Å²) >= 11 is 0. The lowest BCUT2D eigenvalue weighted by Gasteiger charge is -1.98. The molecule has 0 amide bonds. The van der Waals surface area contributed by atoms with Gasteiger partial charge >= 0.3 is 0 Å². The van der Waals surface area contributed by atoms with Gasteiger partial charge in [0, 0.05) is 279 Å². The second-order valence-corrected chi connectivity index (χ2v) is 11.6. The zero-order chi connectivity index (χ0) is 60.4. The van der Waals surface area contributed by atoms with E-state index in [1.54, 1.807) is 13.0 Å². The number of terminal acetylenes is 1. The first kappa shape index (κ1) is 67.2. The van der Waals surface area contributed by atoms with E-state index < -0.39 is 17.8 Å². The first-order chi connectivity index (χ1) is 40.7. The average molecular weight is 1050 g/mol. The third-order valence-electron chi connectivity index (χ3n) is 6.19. The van der Waals surface area contributed by atoms with E-state index in [1.165, 1.54) is 30.3 Å². The molecule has 0 bridgehead atoms. The maximum absolute atomic E-state index is 12.0. The summed E-state index contributed by atoms with van der Waals surface area (Å²) in [4.78, 5) is 9.43. The Morgan fingerprint density at radius 3 is 0.711 bits per heavy atom. The van der Waals surface area contributed by atoms with Gasteiger partial charge in [-0.25, -0.2) is 17.6 Å². The van der Waals surface area contributed by atoms with Gasteiger partial charge in [-0.05, 0) is 114 Å². The van der Waals surface area contributed by atoms with Gasteiger partial charge in [0.25, 0.3) is 18.5 Å². The van der Waals surface area contributed by atoms with Gasteiger partial charge in [-0.2, -0.15) is 0 Å². The molecule has 0 spiro atoms. The molecule has 0 aromatic heterocycles. The predicted octanol–water partition coefficient (Wildman–Crippen LogP) is 5.72. The van der Waals surface area contributed by atoms with Crippen molar-refractivity contribution in [3.05, 3.63) is 69.8 Å². The van der Waals surface area contributed by atoms with Gasteiger partial charge in [-0.15, -0.1) is 6.42 Å². The highest BCUT2D eigenvalue weighted by molar-refractivity contribution is 5.52. The minimum atomic E-state index is -2.66. The normalized spacial score (nSPS) is 5.61. The van der Waals surface area contributed by atoms with Crippen LogP contribution in [-0.2, 0) is 0 Å². The Hall–Kier alpha value is -15.8. The van der Waals surface area contributed by atoms with Crippen molar-refractivity contribution in [3.8, 4) is 356 Å². The van der Waals surface area contributed by atoms with Crippen LogP contribution in [0.3, 0.4) is 0 Å². The minimum Gasteiger partial charge on any atom is -0.399 e. The predicted molar refractivity (Wildman–Crippen MR) is 316 cm³/mol. The molecular weight excluding hydrogens is 1040 g/mol. The molecule has 0 aliphatic rings. The van der Waals surface area contributed by atoms with Gasteiger partial charge in [0.05, 0.1) is 4.92 Å². The van der Waals surface area contributed by atoms with Crippen LogP contribution >= 0.6 is 0 Å². The molecule has 2 aromatic carbocycles. The van der Waals surface area contributed by atoms with E-state index >= 15 is 0 Å². The molecule has 0 aliphatic carbocycles. The summed E-state index contributed by atoms with van der Waals surface area (Å²) in [6, 6.07) is 10.1. The molecule has 8 heteroatoms. The van der Waals surface area contributed by atoms with Gasteiger partial charge in [0.1, 0.15) is 0 Å². The van der Waals surface area contributed by atoms with Crippen molar-refractivity contribution in [2.75, 3.05) is 5.73 Å². The van der Waals surface area contributed by atoms with E-state index in [9.17, 15) is 27.7 Å². The van der Waals surface area contributed by atoms with E-state index in [1.807, 2.05) is 0 Å². The largest absolute Gasteiger partial charge is 0.399 e. The summed E-state index contributed by atoms with van der Waals surface area (Å²) in [5, 5.41) is 10.1. The van der Waals surface area contributed by atoms with Gasteiger partial charge in [0.2, 0.25) is 0 Å². The number of nitrogens with two attached hydrogens (primary N) is 1. The van der Waals surface area contributed by atoms with Crippen molar-refractivity contribution in [1.29, 1.82) is 0 Å². The summed E-state index contributed by atoms with van der Waals surface area (Å²) in [5.41, 5.74) is 4.97. The zero-order valence-corrected chi connectivity index (χ0v) is 42.2. The summed E-state index contributed by atoms with van der Waals surface area (Å²) < 4.78 is 47.8. The third-order valence-corrected chi connectivity index (χ3v) is 6.19. The molecule has 4 nitrogen and oxygen atoms in total. The zero-order valence-electron chi connectivity index (χ0n) is 42.2. The Morgan fingerprint density at radius 1 is 0.349 bits per heavy atom. The lowest BCUT2D eigenvalue weighted by molar-refractivity contribution is -0.385. The standard InChI is InChI=1S/C61H4.C7H5F2NO2.C7H7F2N.H2/c1-3-5-7-9-11-13-15-17-19-21-23-25-27-29-31-33-35-37-39-41-43-45-47-49-51-53-55-57-59-61-60-58-56-54-52-50-48-46-44-42-40-38-36-34-32-30-28-26-24-22-20-18-16-14-12-10-8-6-4-2;8-7(9)5-2-1-3-6(4-5)10(11)12;8-7(9)5-2-1-3-6(10)4-5;/h1H,2H3;1-4,7H;1-4,7H,10H2;1H. The number of non-ortho nitro benzene ring substituents is 1. The van der Waals surface area contributed by atoms with Crippen molar-refractivity contribution in [3.63, 3.8) is 0 Å². The Labute approximate surface area is 484 Å². The second kappa shape index (κ2) is 53.9. The smallest absolute Gasteiger partial charge is 0.269 e. The number of anilines is 1. The Kier molecular flexibility index (Phi) is 43.7. The molecular formula is C75H18F4N2O2. The number of nitro groups is 1. The highest BCUT2D eigenvalue weighted by Crippen LogP contribution is 2.22. The van der Waals surface area contributed by atoms with E-state index in [0.29, 0.717) is 5.69 Å². The van der Waals surface area contributed by atoms with E-state index in [-0.39, 0.29) is 18.2 Å². The van der Waals surface area contributed by atoms with Crippen LogP contribution in [0.2, 0.25) is 0 Å². The van der Waals surface area contributed by atoms with Crippen molar-refractivity contribution < 1.29 is 23.9 Å². The summed E-state index contributed by atoms with van der Waals surface area (Å²) in [6.07, 6.45) is -0.146. The minimum absolute atomic E-state index is 0. The Morgan fingerprint density at radius 2 is 0.542 bits per heavy atom. The van der Waals surface area contributed by atoms with Crippen molar-refractivity contribution in [1.82, 2.24) is 0 Å². The SMILES string of the molecule is C#CC#CC#CC#CC#CC#CC#CC#CC#CC#CC#CC#CC#CC#CC#CC#CC#CC#CC#CC#CC#CC#CC#CC#CC#CC#CC#CC#CC#CC#CC.Nc1cccc(C(F)F)c1.O=[N+]([O-])c1cccc(C(F)F)c1.[HH]. The molecule has 2 rings (SSSR count). The molecule has 83 heavy (non-hydrogen) atoms. The van der Waals surface area contributed by atoms with Crippen LogP contribution in [0, 0.1) is 366 Å². The van der Waals surface area contributed by atoms with E-state index in [4.69, 9.17) is 12.2 Å². The third kappa shape index (κ3) is 49.5. The summed E-state index contributed by atoms with van der Waals surface area (Å²) in [6.45, 7) is 1.69. The van der Waals surface area contributed by atoms with Crippen LogP contribution in [0.5, 0.6) is 0 Å². The molecule has 368 valence electrons. The molecule has 0 aliphatic heterocycles. The molecule has 2 N–H and O–H groups in total. The fraction of sp³-hybridized carbons (Fsp3) is 0.0400. The summed E-state index contributed by atoms with van der Waals surface area (Å²) in [5.74, 6) is 147. The topological polar surface area (TPSA) is 69.2 Å². The van der Waals surface area contributed by atoms with Gasteiger partial charge in [-0.3, -0.25) is 10.1 Å². The number of benzene rings is 2. The van der Waals surface area contributed by atoms with Gasteiger partial charge in [-0.1, -0.05) is 30.2 Å². The Bertz CT molecular complexity index is 4970. The van der Waals surface area contributed by atoms with Crippen LogP contribution in [0.1, 0.15) is 32.3 Å². The molecule has 0 unspecified atom stereocenters. The number of rotatable bonds is 3. The molecule has 0 saturated carbocycles. The monoisotopic (exact) mass is 1050 g/mol. The molecule has 0 fully saturated rings. The van der Waals surface area contributed by atoms with Crippen LogP contribution in [0.25, 0.3) is 0 Å². The fourth-order valence-electron chi connectivity index (χ4n) is 3.29. The number of hydrogen-bond donors (Lipinski definition) is 1. The lowest BCUT2D eigenvalue weighted by atomic mass is 10.2. The number of nitrogens with zero attached hydrogens (tertiary/aromatic N) is 1. The number of nitrogen functional groups attached to an aromatic ring is 1. The quantitative estimate of drug-likeness (QED) is 0.141. The van der Waals surface area contributed by atoms with Crippen LogP contribution in [-0.4, -0.2) is 4.92 Å². The fourth-order valence-corrected chi connectivity index (χ4v) is 3.29. The maximum Gasteiger partial charge on any atom is 0.269 e. The maximum atomic E-state index is 12.0. The molecule has 2 aromatic rings. The lowest BCUT2D eigenvalue weighted by Crippen LogP contribution is -1.90. The average Bonchev–Trinajstić information content (AvgIpc) is 3.66. The highest BCUT2D eigenvalue weighted by Gasteiger charge is 2.11. The number of hydrogen-bond acceptors (Lipinski definition) is 3. The van der Waals surface area contributed by atoms with Crippen LogP contribution < -0.4 is 5.73 Å². The number of halogens is 4. The van der Waals surface area contributed by atoms with Crippen molar-refractivity contribution >= 4 is 11.4 Å². The molecule has 0 atom stereocenters. The van der Waals surface area contributed by atoms with Crippen molar-refractivity contribution in [2.45, 2.75) is 19.8 Å². The number of alkyl halides is 4.